The van der Waals surface area contributed by atoms with Crippen molar-refractivity contribution in [2.24, 2.45) is 0 Å². The van der Waals surface area contributed by atoms with Crippen molar-refractivity contribution in [3.05, 3.63) is 70.5 Å². The summed E-state index contributed by atoms with van der Waals surface area (Å²) in [5.41, 5.74) is 3.79. The molecule has 186 valence electrons. The summed E-state index contributed by atoms with van der Waals surface area (Å²) in [7, 11) is 0. The molecule has 6 heteroatoms. The van der Waals surface area contributed by atoms with E-state index in [2.05, 4.69) is 4.90 Å². The molecule has 3 atom stereocenters. The fraction of sp³-hybridized carbons (Fsp3) is 0.536. The lowest BCUT2D eigenvalue weighted by Crippen LogP contribution is -2.39. The Balaban J connectivity index is 1.43. The topological polar surface area (TPSA) is 59.0 Å². The van der Waals surface area contributed by atoms with E-state index in [1.165, 1.54) is 0 Å². The van der Waals surface area contributed by atoms with E-state index in [0.717, 1.165) is 42.5 Å². The number of benzene rings is 2. The minimum absolute atomic E-state index is 0.140. The Morgan fingerprint density at radius 1 is 1.21 bits per heavy atom. The number of ether oxygens (including phenoxy) is 2. The molecule has 1 aliphatic heterocycles. The molecule has 34 heavy (non-hydrogen) atoms. The normalized spacial score (nSPS) is 18.1. The lowest BCUT2D eigenvalue weighted by molar-refractivity contribution is -0.143. The monoisotopic (exact) mass is 471 g/mol. The summed E-state index contributed by atoms with van der Waals surface area (Å²) < 4.78 is 24.8. The lowest BCUT2D eigenvalue weighted by Gasteiger charge is -2.27. The van der Waals surface area contributed by atoms with Gasteiger partial charge in [0.05, 0.1) is 25.4 Å². The van der Waals surface area contributed by atoms with Crippen LogP contribution >= 0.6 is 0 Å². The van der Waals surface area contributed by atoms with Gasteiger partial charge >= 0.3 is 5.97 Å². The Morgan fingerprint density at radius 2 is 1.94 bits per heavy atom. The number of hydrogen-bond donors (Lipinski definition) is 1. The molecular formula is C28H38FNO4. The van der Waals surface area contributed by atoms with Crippen molar-refractivity contribution in [2.75, 3.05) is 26.3 Å². The summed E-state index contributed by atoms with van der Waals surface area (Å²) in [5.74, 6) is -0.333. The molecule has 1 saturated heterocycles. The highest BCUT2D eigenvalue weighted by atomic mass is 19.1. The number of aryl methyl sites for hydroxylation is 2. The zero-order valence-corrected chi connectivity index (χ0v) is 20.6. The number of aliphatic hydroxyl groups excluding tert-OH is 1. The molecular weight excluding hydrogens is 433 g/mol. The number of rotatable bonds is 12. The SMILES string of the molecule is CCOC(=O)CCc1ccc([C@@H](C)OC[C@@H](O)CN2CCC[C@H]2Cc2ccc(C)c(F)c2)cc1. The van der Waals surface area contributed by atoms with Gasteiger partial charge in [0.1, 0.15) is 5.82 Å². The predicted molar refractivity (Wildman–Crippen MR) is 131 cm³/mol. The van der Waals surface area contributed by atoms with Gasteiger partial charge in [-0.15, -0.1) is 0 Å². The van der Waals surface area contributed by atoms with Crippen LogP contribution in [0.2, 0.25) is 0 Å². The van der Waals surface area contributed by atoms with Gasteiger partial charge < -0.3 is 14.6 Å². The summed E-state index contributed by atoms with van der Waals surface area (Å²) >= 11 is 0. The van der Waals surface area contributed by atoms with Gasteiger partial charge in [0.25, 0.3) is 0 Å². The van der Waals surface area contributed by atoms with Crippen LogP contribution in [0.15, 0.2) is 42.5 Å². The number of nitrogens with zero attached hydrogens (tertiary/aromatic N) is 1. The molecule has 0 spiro atoms. The van der Waals surface area contributed by atoms with E-state index in [0.29, 0.717) is 37.6 Å². The molecule has 0 radical (unpaired) electrons. The number of carbonyl (C=O) groups excluding carboxylic acids is 1. The molecule has 0 saturated carbocycles. The first-order valence-electron chi connectivity index (χ1n) is 12.4. The lowest BCUT2D eigenvalue weighted by atomic mass is 10.0. The Bertz CT molecular complexity index is 917. The minimum Gasteiger partial charge on any atom is -0.466 e. The van der Waals surface area contributed by atoms with Gasteiger partial charge in [-0.2, -0.15) is 0 Å². The van der Waals surface area contributed by atoms with Gasteiger partial charge in [-0.3, -0.25) is 9.69 Å². The maximum Gasteiger partial charge on any atom is 0.306 e. The third-order valence-corrected chi connectivity index (χ3v) is 6.56. The molecule has 1 N–H and O–H groups in total. The van der Waals surface area contributed by atoms with E-state index in [1.807, 2.05) is 50.2 Å². The van der Waals surface area contributed by atoms with E-state index in [1.54, 1.807) is 13.0 Å². The van der Waals surface area contributed by atoms with Crippen LogP contribution in [0, 0.1) is 12.7 Å². The van der Waals surface area contributed by atoms with Gasteiger partial charge in [-0.1, -0.05) is 36.4 Å². The molecule has 3 rings (SSSR count). The number of esters is 1. The third kappa shape index (κ3) is 7.90. The summed E-state index contributed by atoms with van der Waals surface area (Å²) in [4.78, 5) is 13.8. The second-order valence-corrected chi connectivity index (χ2v) is 9.25. The highest BCUT2D eigenvalue weighted by molar-refractivity contribution is 5.69. The van der Waals surface area contributed by atoms with Crippen molar-refractivity contribution in [1.82, 2.24) is 4.90 Å². The Labute approximate surface area is 202 Å². The van der Waals surface area contributed by atoms with Crippen molar-refractivity contribution in [2.45, 2.75) is 71.1 Å². The Kier molecular flexibility index (Phi) is 10.1. The molecule has 0 bridgehead atoms. The first-order valence-corrected chi connectivity index (χ1v) is 12.4. The van der Waals surface area contributed by atoms with E-state index in [4.69, 9.17) is 9.47 Å². The fourth-order valence-corrected chi connectivity index (χ4v) is 4.51. The highest BCUT2D eigenvalue weighted by Gasteiger charge is 2.27. The van der Waals surface area contributed by atoms with Crippen LogP contribution in [-0.4, -0.2) is 54.4 Å². The molecule has 1 heterocycles. The molecule has 1 fully saturated rings. The molecule has 0 unspecified atom stereocenters. The van der Waals surface area contributed by atoms with E-state index in [9.17, 15) is 14.3 Å². The summed E-state index contributed by atoms with van der Waals surface area (Å²) in [6.07, 6.45) is 3.25. The van der Waals surface area contributed by atoms with Crippen LogP contribution in [0.1, 0.15) is 61.5 Å². The first-order chi connectivity index (χ1) is 16.4. The second kappa shape index (κ2) is 13.0. The molecule has 0 amide bonds. The molecule has 5 nitrogen and oxygen atoms in total. The van der Waals surface area contributed by atoms with Crippen LogP contribution in [0.4, 0.5) is 4.39 Å². The van der Waals surface area contributed by atoms with Crippen molar-refractivity contribution in [3.8, 4) is 0 Å². The largest absolute Gasteiger partial charge is 0.466 e. The van der Waals surface area contributed by atoms with Crippen LogP contribution in [0.25, 0.3) is 0 Å². The zero-order chi connectivity index (χ0) is 24.5. The number of aliphatic hydroxyl groups is 1. The molecule has 2 aromatic carbocycles. The van der Waals surface area contributed by atoms with Gasteiger partial charge in [0.15, 0.2) is 0 Å². The first kappa shape index (κ1) is 26.3. The predicted octanol–water partition coefficient (Wildman–Crippen LogP) is 4.78. The van der Waals surface area contributed by atoms with Crippen LogP contribution in [-0.2, 0) is 27.1 Å². The number of β-amino-alcohol motifs (C(OH)–C–C–N with tert-alkyl or cyclic N) is 1. The third-order valence-electron chi connectivity index (χ3n) is 6.56. The number of likely N-dealkylation sites (tertiary alicyclic amines) is 1. The highest BCUT2D eigenvalue weighted by Crippen LogP contribution is 2.23. The summed E-state index contributed by atoms with van der Waals surface area (Å²) in [6.45, 7) is 7.72. The molecule has 0 aromatic heterocycles. The second-order valence-electron chi connectivity index (χ2n) is 9.25. The number of hydrogen-bond acceptors (Lipinski definition) is 5. The average Bonchev–Trinajstić information content (AvgIpc) is 3.25. The van der Waals surface area contributed by atoms with Gasteiger partial charge in [-0.05, 0) is 81.3 Å². The van der Waals surface area contributed by atoms with Gasteiger partial charge in [0, 0.05) is 19.0 Å². The standard InChI is InChI=1S/C28H38FNO4/c1-4-33-28(32)14-11-22-9-12-24(13-10-22)21(3)34-19-26(31)18-30-15-5-6-25(30)16-23-8-7-20(2)27(29)17-23/h7-10,12-13,17,21,25-26,31H,4-6,11,14-16,18-19H2,1-3H3/t21-,25+,26+/m1/s1. The molecule has 1 aliphatic rings. The Morgan fingerprint density at radius 3 is 2.65 bits per heavy atom. The smallest absolute Gasteiger partial charge is 0.306 e. The van der Waals surface area contributed by atoms with Crippen molar-refractivity contribution >= 4 is 5.97 Å². The Hall–Kier alpha value is -2.28. The average molecular weight is 472 g/mol. The van der Waals surface area contributed by atoms with Crippen molar-refractivity contribution < 1.29 is 23.8 Å². The summed E-state index contributed by atoms with van der Waals surface area (Å²) in [6, 6.07) is 13.8. The maximum absolute atomic E-state index is 13.9. The van der Waals surface area contributed by atoms with Crippen LogP contribution in [0.5, 0.6) is 0 Å². The zero-order valence-electron chi connectivity index (χ0n) is 20.6. The molecule has 2 aromatic rings. The van der Waals surface area contributed by atoms with Gasteiger partial charge in [-0.25, -0.2) is 4.39 Å². The van der Waals surface area contributed by atoms with Crippen LogP contribution < -0.4 is 0 Å². The van der Waals surface area contributed by atoms with E-state index < -0.39 is 6.10 Å². The fourth-order valence-electron chi connectivity index (χ4n) is 4.51. The van der Waals surface area contributed by atoms with E-state index in [-0.39, 0.29) is 24.5 Å². The van der Waals surface area contributed by atoms with E-state index >= 15 is 0 Å². The number of halogens is 1. The minimum atomic E-state index is -0.582. The van der Waals surface area contributed by atoms with Crippen molar-refractivity contribution in [3.63, 3.8) is 0 Å². The van der Waals surface area contributed by atoms with Crippen LogP contribution in [0.3, 0.4) is 0 Å². The molecule has 0 aliphatic carbocycles. The van der Waals surface area contributed by atoms with Gasteiger partial charge in [0.2, 0.25) is 0 Å². The quantitative estimate of drug-likeness (QED) is 0.452. The number of carbonyl (C=O) groups is 1. The van der Waals surface area contributed by atoms with Crippen molar-refractivity contribution in [1.29, 1.82) is 0 Å². The maximum atomic E-state index is 13.9. The summed E-state index contributed by atoms with van der Waals surface area (Å²) in [5, 5.41) is 10.6.